The molecular formula is C11H17ClN2O4. The van der Waals surface area contributed by atoms with Gasteiger partial charge < -0.3 is 20.2 Å². The van der Waals surface area contributed by atoms with Crippen molar-refractivity contribution in [3.8, 4) is 0 Å². The molecule has 0 spiro atoms. The molecule has 1 unspecified atom stereocenters. The van der Waals surface area contributed by atoms with Gasteiger partial charge in [0.05, 0.1) is 19.2 Å². The lowest BCUT2D eigenvalue weighted by molar-refractivity contribution is -0.142. The zero-order valence-corrected chi connectivity index (χ0v) is 11.1. The summed E-state index contributed by atoms with van der Waals surface area (Å²) in [4.78, 5) is 23.0. The number of halogens is 1. The van der Waals surface area contributed by atoms with Crippen LogP contribution in [-0.2, 0) is 16.1 Å². The second-order valence-electron chi connectivity index (χ2n) is 3.46. The summed E-state index contributed by atoms with van der Waals surface area (Å²) in [6.07, 6.45) is 1.77. The Kier molecular flexibility index (Phi) is 7.07. The van der Waals surface area contributed by atoms with Crippen LogP contribution in [0.15, 0.2) is 16.7 Å². The van der Waals surface area contributed by atoms with Gasteiger partial charge in [0, 0.05) is 0 Å². The molecule has 0 fully saturated rings. The number of esters is 1. The Morgan fingerprint density at radius 2 is 2.22 bits per heavy atom. The van der Waals surface area contributed by atoms with Gasteiger partial charge in [-0.3, -0.25) is 4.79 Å². The molecule has 0 aliphatic rings. The minimum Gasteiger partial charge on any atom is -0.467 e. The zero-order chi connectivity index (χ0) is 12.8. The van der Waals surface area contributed by atoms with Gasteiger partial charge in [-0.15, -0.1) is 12.4 Å². The molecule has 1 aromatic rings. The highest BCUT2D eigenvalue weighted by molar-refractivity contribution is 5.96. The van der Waals surface area contributed by atoms with Gasteiger partial charge in [-0.2, -0.15) is 0 Å². The molecule has 1 amide bonds. The summed E-state index contributed by atoms with van der Waals surface area (Å²) in [5, 5.41) is 2.56. The predicted octanol–water partition coefficient (Wildman–Crippen LogP) is 0.841. The number of hydrogen-bond donors (Lipinski definition) is 2. The van der Waals surface area contributed by atoms with Crippen molar-refractivity contribution in [1.29, 1.82) is 0 Å². The highest BCUT2D eigenvalue weighted by atomic mass is 35.5. The monoisotopic (exact) mass is 276 g/mol. The molecule has 18 heavy (non-hydrogen) atoms. The summed E-state index contributed by atoms with van der Waals surface area (Å²) >= 11 is 0. The number of carbonyl (C=O) groups excluding carboxylic acids is 2. The van der Waals surface area contributed by atoms with Crippen LogP contribution in [0.25, 0.3) is 0 Å². The van der Waals surface area contributed by atoms with Crippen molar-refractivity contribution in [1.82, 2.24) is 5.32 Å². The Bertz CT molecular complexity index is 406. The van der Waals surface area contributed by atoms with E-state index in [-0.39, 0.29) is 24.9 Å². The van der Waals surface area contributed by atoms with Gasteiger partial charge in [0.2, 0.25) is 0 Å². The van der Waals surface area contributed by atoms with E-state index in [9.17, 15) is 9.59 Å². The Morgan fingerprint density at radius 3 is 2.67 bits per heavy atom. The molecule has 1 atom stereocenters. The van der Waals surface area contributed by atoms with Gasteiger partial charge in [-0.25, -0.2) is 4.79 Å². The summed E-state index contributed by atoms with van der Waals surface area (Å²) in [6, 6.07) is 0.892. The first kappa shape index (κ1) is 16.5. The summed E-state index contributed by atoms with van der Waals surface area (Å²) in [5.41, 5.74) is 5.70. The van der Waals surface area contributed by atoms with Crippen molar-refractivity contribution in [2.45, 2.75) is 25.9 Å². The minimum absolute atomic E-state index is 0. The number of carbonyl (C=O) groups is 2. The zero-order valence-electron chi connectivity index (χ0n) is 10.3. The lowest BCUT2D eigenvalue weighted by Gasteiger charge is -2.13. The molecule has 0 saturated carbocycles. The second-order valence-corrected chi connectivity index (χ2v) is 3.46. The normalized spacial score (nSPS) is 11.3. The molecule has 102 valence electrons. The van der Waals surface area contributed by atoms with Crippen molar-refractivity contribution in [2.24, 2.45) is 5.73 Å². The van der Waals surface area contributed by atoms with E-state index in [1.807, 2.05) is 0 Å². The van der Waals surface area contributed by atoms with Gasteiger partial charge in [-0.1, -0.05) is 6.92 Å². The fourth-order valence-electron chi connectivity index (χ4n) is 1.32. The van der Waals surface area contributed by atoms with Crippen molar-refractivity contribution >= 4 is 24.3 Å². The number of amides is 1. The average molecular weight is 277 g/mol. The fourth-order valence-corrected chi connectivity index (χ4v) is 1.32. The van der Waals surface area contributed by atoms with Gasteiger partial charge in [0.25, 0.3) is 5.91 Å². The highest BCUT2D eigenvalue weighted by Crippen LogP contribution is 2.07. The predicted molar refractivity (Wildman–Crippen MR) is 67.4 cm³/mol. The average Bonchev–Trinajstić information content (AvgIpc) is 2.83. The summed E-state index contributed by atoms with van der Waals surface area (Å²) in [6.45, 7) is 2.00. The molecule has 0 saturated heterocycles. The van der Waals surface area contributed by atoms with Crippen LogP contribution in [0.5, 0.6) is 0 Å². The number of nitrogens with two attached hydrogens (primary N) is 1. The van der Waals surface area contributed by atoms with E-state index in [0.717, 1.165) is 0 Å². The van der Waals surface area contributed by atoms with E-state index in [2.05, 4.69) is 10.1 Å². The second kappa shape index (κ2) is 7.73. The summed E-state index contributed by atoms with van der Waals surface area (Å²) in [5.74, 6) is -0.338. The van der Waals surface area contributed by atoms with Crippen LogP contribution in [0.4, 0.5) is 0 Å². The third kappa shape index (κ3) is 4.05. The lowest BCUT2D eigenvalue weighted by Crippen LogP contribution is -2.40. The SMILES string of the molecule is CCC(NC(=O)c1coc(CN)c1)C(=O)OC.Cl. The van der Waals surface area contributed by atoms with Gasteiger partial charge in [-0.05, 0) is 12.5 Å². The Morgan fingerprint density at radius 1 is 1.56 bits per heavy atom. The van der Waals surface area contributed by atoms with Gasteiger partial charge in [0.1, 0.15) is 18.1 Å². The van der Waals surface area contributed by atoms with Crippen LogP contribution >= 0.6 is 12.4 Å². The Labute approximate surface area is 111 Å². The largest absolute Gasteiger partial charge is 0.467 e. The number of nitrogens with one attached hydrogen (secondary N) is 1. The quantitative estimate of drug-likeness (QED) is 0.777. The fraction of sp³-hybridized carbons (Fsp3) is 0.455. The van der Waals surface area contributed by atoms with E-state index in [1.165, 1.54) is 13.4 Å². The van der Waals surface area contributed by atoms with Crippen LogP contribution in [0.2, 0.25) is 0 Å². The maximum Gasteiger partial charge on any atom is 0.328 e. The maximum atomic E-state index is 11.7. The smallest absolute Gasteiger partial charge is 0.328 e. The standard InChI is InChI=1S/C11H16N2O4.ClH/c1-3-9(11(15)16-2)13-10(14)7-4-8(5-12)17-6-7;/h4,6,9H,3,5,12H2,1-2H3,(H,13,14);1H. The Hall–Kier alpha value is -1.53. The third-order valence-electron chi connectivity index (χ3n) is 2.32. The number of ether oxygens (including phenoxy) is 1. The van der Waals surface area contributed by atoms with E-state index < -0.39 is 12.0 Å². The molecule has 3 N–H and O–H groups in total. The number of methoxy groups -OCH3 is 1. The summed E-state index contributed by atoms with van der Waals surface area (Å²) < 4.78 is 9.60. The van der Waals surface area contributed by atoms with E-state index in [4.69, 9.17) is 10.2 Å². The van der Waals surface area contributed by atoms with E-state index in [1.54, 1.807) is 13.0 Å². The highest BCUT2D eigenvalue weighted by Gasteiger charge is 2.20. The molecule has 0 aliphatic heterocycles. The molecular weight excluding hydrogens is 260 g/mol. The minimum atomic E-state index is -0.649. The van der Waals surface area contributed by atoms with E-state index >= 15 is 0 Å². The van der Waals surface area contributed by atoms with Crippen LogP contribution in [0.1, 0.15) is 29.5 Å². The lowest BCUT2D eigenvalue weighted by atomic mass is 10.2. The maximum absolute atomic E-state index is 11.7. The molecule has 1 heterocycles. The van der Waals surface area contributed by atoms with E-state index in [0.29, 0.717) is 17.7 Å². The van der Waals surface area contributed by atoms with Crippen LogP contribution in [0.3, 0.4) is 0 Å². The first-order chi connectivity index (χ1) is 8.12. The number of hydrogen-bond acceptors (Lipinski definition) is 5. The molecule has 0 aliphatic carbocycles. The van der Waals surface area contributed by atoms with Crippen molar-refractivity contribution in [3.05, 3.63) is 23.7 Å². The summed E-state index contributed by atoms with van der Waals surface area (Å²) in [7, 11) is 1.28. The molecule has 0 radical (unpaired) electrons. The van der Waals surface area contributed by atoms with Crippen molar-refractivity contribution in [2.75, 3.05) is 7.11 Å². The Balaban J connectivity index is 0.00000289. The van der Waals surface area contributed by atoms with Gasteiger partial charge in [0.15, 0.2) is 0 Å². The van der Waals surface area contributed by atoms with Crippen molar-refractivity contribution in [3.63, 3.8) is 0 Å². The number of furan rings is 1. The van der Waals surface area contributed by atoms with Gasteiger partial charge >= 0.3 is 5.97 Å². The molecule has 1 rings (SSSR count). The molecule has 1 aromatic heterocycles. The van der Waals surface area contributed by atoms with Crippen LogP contribution in [0, 0.1) is 0 Å². The number of rotatable bonds is 5. The third-order valence-corrected chi connectivity index (χ3v) is 2.32. The molecule has 0 bridgehead atoms. The van der Waals surface area contributed by atoms with Crippen LogP contribution in [-0.4, -0.2) is 25.0 Å². The first-order valence-electron chi connectivity index (χ1n) is 5.28. The first-order valence-corrected chi connectivity index (χ1v) is 5.28. The topological polar surface area (TPSA) is 94.6 Å². The van der Waals surface area contributed by atoms with Crippen molar-refractivity contribution < 1.29 is 18.7 Å². The molecule has 7 heteroatoms. The molecule has 0 aromatic carbocycles. The molecule has 6 nitrogen and oxygen atoms in total. The van der Waals surface area contributed by atoms with Crippen LogP contribution < -0.4 is 11.1 Å².